The molecular weight excluding hydrogens is 254 g/mol. The van der Waals surface area contributed by atoms with Crippen LogP contribution in [0.5, 0.6) is 0 Å². The number of ether oxygens (including phenoxy) is 1. The van der Waals surface area contributed by atoms with E-state index in [-0.39, 0.29) is 5.56 Å². The fourth-order valence-corrected chi connectivity index (χ4v) is 1.39. The summed E-state index contributed by atoms with van der Waals surface area (Å²) in [6.07, 6.45) is 0. The van der Waals surface area contributed by atoms with Crippen molar-refractivity contribution in [2.24, 2.45) is 0 Å². The minimum Gasteiger partial charge on any atom is -0.388 e. The smallest absolute Gasteiger partial charge is 0.356 e. The summed E-state index contributed by atoms with van der Waals surface area (Å²) in [5.41, 5.74) is 1.69. The Bertz CT molecular complexity index is 587. The third-order valence-electron chi connectivity index (χ3n) is 2.33. The first-order chi connectivity index (χ1) is 9.13. The number of carbonyl (C=O) groups is 3. The van der Waals surface area contributed by atoms with Crippen molar-refractivity contribution in [3.63, 3.8) is 0 Å². The summed E-state index contributed by atoms with van der Waals surface area (Å²) in [7, 11) is 0. The van der Waals surface area contributed by atoms with Gasteiger partial charge < -0.3 is 9.57 Å². The molecular formula is C12H7NO6. The molecule has 1 aromatic rings. The standard InChI is InChI=1S/C12H7NO6/c14-6-8-9(12(17)18-11(8)16)13-19-10(15)7-4-2-1-3-5-7/h1-5,9,13H/t9-/m0/s1. The van der Waals surface area contributed by atoms with E-state index in [0.717, 1.165) is 0 Å². The monoisotopic (exact) mass is 261 g/mol. The second-order valence-electron chi connectivity index (χ2n) is 3.53. The summed E-state index contributed by atoms with van der Waals surface area (Å²) in [5.74, 6) is -1.62. The minimum absolute atomic E-state index is 0.240. The number of hydrogen-bond donors (Lipinski definition) is 1. The van der Waals surface area contributed by atoms with Crippen molar-refractivity contribution in [1.82, 2.24) is 5.48 Å². The lowest BCUT2D eigenvalue weighted by Gasteiger charge is -2.07. The minimum atomic E-state index is -1.45. The van der Waals surface area contributed by atoms with Gasteiger partial charge in [-0.1, -0.05) is 18.2 Å². The Kier molecular flexibility index (Phi) is 3.51. The highest BCUT2D eigenvalue weighted by Crippen LogP contribution is 2.13. The molecule has 0 amide bonds. The fourth-order valence-electron chi connectivity index (χ4n) is 1.39. The maximum absolute atomic E-state index is 11.6. The summed E-state index contributed by atoms with van der Waals surface area (Å²) < 4.78 is 4.18. The van der Waals surface area contributed by atoms with Crippen LogP contribution in [0.25, 0.3) is 0 Å². The number of cyclic esters (lactones) is 2. The number of rotatable bonds is 3. The third-order valence-corrected chi connectivity index (χ3v) is 2.33. The van der Waals surface area contributed by atoms with Gasteiger partial charge in [0.1, 0.15) is 5.94 Å². The van der Waals surface area contributed by atoms with E-state index in [0.29, 0.717) is 0 Å². The molecule has 0 aliphatic carbocycles. The molecule has 7 nitrogen and oxygen atoms in total. The van der Waals surface area contributed by atoms with Crippen LogP contribution < -0.4 is 5.48 Å². The zero-order valence-electron chi connectivity index (χ0n) is 9.41. The van der Waals surface area contributed by atoms with Gasteiger partial charge in [0.05, 0.1) is 5.56 Å². The van der Waals surface area contributed by atoms with Gasteiger partial charge in [-0.3, -0.25) is 0 Å². The summed E-state index contributed by atoms with van der Waals surface area (Å²) in [6, 6.07) is 6.51. The topological polar surface area (TPSA) is 98.8 Å². The van der Waals surface area contributed by atoms with Crippen LogP contribution in [0, 0.1) is 0 Å². The van der Waals surface area contributed by atoms with Crippen molar-refractivity contribution in [1.29, 1.82) is 0 Å². The van der Waals surface area contributed by atoms with Gasteiger partial charge in [-0.05, 0) is 12.1 Å². The summed E-state index contributed by atoms with van der Waals surface area (Å²) >= 11 is 0. The fraction of sp³-hybridized carbons (Fsp3) is 0.0833. The van der Waals surface area contributed by atoms with E-state index < -0.39 is 29.5 Å². The Balaban J connectivity index is 2.03. The second-order valence-corrected chi connectivity index (χ2v) is 3.53. The first-order valence-electron chi connectivity index (χ1n) is 5.16. The SMILES string of the molecule is O=C=C1C(=O)OC(=O)[C@H]1NOC(=O)c1ccccc1. The Hall–Kier alpha value is -2.76. The summed E-state index contributed by atoms with van der Waals surface area (Å²) in [5, 5.41) is 0. The first-order valence-corrected chi connectivity index (χ1v) is 5.16. The Labute approximate surface area is 106 Å². The number of esters is 2. The second kappa shape index (κ2) is 5.26. The Morgan fingerprint density at radius 1 is 1.26 bits per heavy atom. The molecule has 96 valence electrons. The van der Waals surface area contributed by atoms with Gasteiger partial charge in [0.15, 0.2) is 11.6 Å². The predicted molar refractivity (Wildman–Crippen MR) is 59.1 cm³/mol. The highest BCUT2D eigenvalue weighted by molar-refractivity contribution is 6.14. The van der Waals surface area contributed by atoms with E-state index in [1.54, 1.807) is 18.2 Å². The molecule has 0 unspecified atom stereocenters. The van der Waals surface area contributed by atoms with Gasteiger partial charge in [0.25, 0.3) is 0 Å². The normalized spacial score (nSPS) is 17.9. The number of benzene rings is 1. The quantitative estimate of drug-likeness (QED) is 0.259. The maximum Gasteiger partial charge on any atom is 0.356 e. The molecule has 0 radical (unpaired) electrons. The predicted octanol–water partition coefficient (Wildman–Crippen LogP) is -0.442. The number of nitrogens with one attached hydrogen (secondary N) is 1. The summed E-state index contributed by atoms with van der Waals surface area (Å²) in [4.78, 5) is 48.9. The summed E-state index contributed by atoms with van der Waals surface area (Å²) in [6.45, 7) is 0. The van der Waals surface area contributed by atoms with Crippen LogP contribution in [0.15, 0.2) is 35.9 Å². The molecule has 1 N–H and O–H groups in total. The van der Waals surface area contributed by atoms with E-state index in [1.165, 1.54) is 18.1 Å². The highest BCUT2D eigenvalue weighted by Gasteiger charge is 2.41. The molecule has 1 heterocycles. The van der Waals surface area contributed by atoms with Crippen LogP contribution in [0.3, 0.4) is 0 Å². The molecule has 2 rings (SSSR count). The molecule has 1 fully saturated rings. The Morgan fingerprint density at radius 3 is 2.58 bits per heavy atom. The van der Waals surface area contributed by atoms with Crippen molar-refractivity contribution in [2.45, 2.75) is 6.04 Å². The molecule has 7 heteroatoms. The molecule has 0 saturated carbocycles. The van der Waals surface area contributed by atoms with Gasteiger partial charge in [0.2, 0.25) is 0 Å². The van der Waals surface area contributed by atoms with E-state index in [2.05, 4.69) is 9.57 Å². The zero-order chi connectivity index (χ0) is 13.8. The first kappa shape index (κ1) is 12.7. The molecule has 1 aromatic carbocycles. The number of carbonyl (C=O) groups excluding carboxylic acids is 4. The van der Waals surface area contributed by atoms with Crippen molar-refractivity contribution in [2.75, 3.05) is 0 Å². The van der Waals surface area contributed by atoms with E-state index in [1.807, 2.05) is 5.48 Å². The molecule has 1 saturated heterocycles. The highest BCUT2D eigenvalue weighted by atomic mass is 16.7. The van der Waals surface area contributed by atoms with Crippen LogP contribution >= 0.6 is 0 Å². The average Bonchev–Trinajstić information content (AvgIpc) is 2.70. The van der Waals surface area contributed by atoms with Gasteiger partial charge in [-0.15, -0.1) is 5.48 Å². The van der Waals surface area contributed by atoms with Crippen LogP contribution in [-0.2, 0) is 24.0 Å². The third kappa shape index (κ3) is 2.57. The van der Waals surface area contributed by atoms with Crippen molar-refractivity contribution in [3.05, 3.63) is 41.5 Å². The Morgan fingerprint density at radius 2 is 1.95 bits per heavy atom. The molecule has 1 atom stereocenters. The maximum atomic E-state index is 11.6. The van der Waals surface area contributed by atoms with Crippen LogP contribution in [0.4, 0.5) is 0 Å². The molecule has 0 spiro atoms. The molecule has 1 aliphatic heterocycles. The lowest BCUT2D eigenvalue weighted by Crippen LogP contribution is -2.36. The lowest BCUT2D eigenvalue weighted by atomic mass is 10.2. The van der Waals surface area contributed by atoms with Crippen molar-refractivity contribution >= 4 is 23.8 Å². The largest absolute Gasteiger partial charge is 0.388 e. The van der Waals surface area contributed by atoms with Crippen molar-refractivity contribution < 1.29 is 28.8 Å². The van der Waals surface area contributed by atoms with Gasteiger partial charge in [-0.25, -0.2) is 19.2 Å². The lowest BCUT2D eigenvalue weighted by molar-refractivity contribution is -0.152. The zero-order valence-corrected chi connectivity index (χ0v) is 9.41. The number of hydrogen-bond acceptors (Lipinski definition) is 7. The van der Waals surface area contributed by atoms with Gasteiger partial charge >= 0.3 is 17.9 Å². The van der Waals surface area contributed by atoms with Gasteiger partial charge in [0, 0.05) is 0 Å². The van der Waals surface area contributed by atoms with Crippen molar-refractivity contribution in [3.8, 4) is 0 Å². The van der Waals surface area contributed by atoms with E-state index in [4.69, 9.17) is 0 Å². The van der Waals surface area contributed by atoms with Crippen LogP contribution in [0.2, 0.25) is 0 Å². The molecule has 0 aromatic heterocycles. The molecule has 19 heavy (non-hydrogen) atoms. The van der Waals surface area contributed by atoms with Crippen LogP contribution in [0.1, 0.15) is 10.4 Å². The molecule has 0 bridgehead atoms. The molecule has 1 aliphatic rings. The van der Waals surface area contributed by atoms with Crippen LogP contribution in [-0.4, -0.2) is 29.9 Å². The average molecular weight is 261 g/mol. The van der Waals surface area contributed by atoms with E-state index in [9.17, 15) is 19.2 Å². The van der Waals surface area contributed by atoms with Gasteiger partial charge in [-0.2, -0.15) is 0 Å². The van der Waals surface area contributed by atoms with E-state index >= 15 is 0 Å². The number of hydroxylamine groups is 1.